The van der Waals surface area contributed by atoms with E-state index in [9.17, 15) is 5.11 Å². The number of nitrogens with zero attached hydrogens (tertiary/aromatic N) is 2. The van der Waals surface area contributed by atoms with E-state index < -0.39 is 5.60 Å². The first-order valence-corrected chi connectivity index (χ1v) is 5.81. The van der Waals surface area contributed by atoms with Crippen molar-refractivity contribution in [3.05, 3.63) is 11.9 Å². The van der Waals surface area contributed by atoms with Crippen LogP contribution < -0.4 is 4.74 Å². The van der Waals surface area contributed by atoms with Crippen LogP contribution >= 0.6 is 0 Å². The molecule has 2 unspecified atom stereocenters. The molecule has 1 heterocycles. The minimum Gasteiger partial charge on any atom is -0.493 e. The number of hydrogen-bond donors (Lipinski definition) is 1. The Balaban J connectivity index is 3.23. The summed E-state index contributed by atoms with van der Waals surface area (Å²) < 4.78 is 7.06. The van der Waals surface area contributed by atoms with Gasteiger partial charge < -0.3 is 9.84 Å². The van der Waals surface area contributed by atoms with E-state index in [0.717, 1.165) is 18.7 Å². The smallest absolute Gasteiger partial charge is 0.162 e. The van der Waals surface area contributed by atoms with Gasteiger partial charge in [-0.15, -0.1) is 0 Å². The molecule has 1 aromatic heterocycles. The van der Waals surface area contributed by atoms with Crippen LogP contribution in [0.3, 0.4) is 0 Å². The summed E-state index contributed by atoms with van der Waals surface area (Å²) in [6.07, 6.45) is 2.57. The maximum Gasteiger partial charge on any atom is 0.162 e. The van der Waals surface area contributed by atoms with Crippen LogP contribution in [0.1, 0.15) is 39.8 Å². The van der Waals surface area contributed by atoms with Crippen molar-refractivity contribution in [3.8, 4) is 5.75 Å². The Kier molecular flexibility index (Phi) is 3.97. The summed E-state index contributed by atoms with van der Waals surface area (Å²) in [5.74, 6) is 0.815. The summed E-state index contributed by atoms with van der Waals surface area (Å²) in [4.78, 5) is 0. The van der Waals surface area contributed by atoms with Gasteiger partial charge in [0.15, 0.2) is 5.75 Å². The second kappa shape index (κ2) is 4.87. The van der Waals surface area contributed by atoms with Crippen molar-refractivity contribution in [1.82, 2.24) is 9.78 Å². The van der Waals surface area contributed by atoms with Gasteiger partial charge >= 0.3 is 0 Å². The molecule has 4 nitrogen and oxygen atoms in total. The molecule has 0 amide bonds. The second-order valence-corrected chi connectivity index (χ2v) is 4.33. The lowest BCUT2D eigenvalue weighted by atomic mass is 9.85. The molecule has 0 saturated carbocycles. The van der Waals surface area contributed by atoms with Crippen LogP contribution in [-0.2, 0) is 12.1 Å². The lowest BCUT2D eigenvalue weighted by molar-refractivity contribution is -0.0101. The topological polar surface area (TPSA) is 47.3 Å². The Morgan fingerprint density at radius 3 is 2.62 bits per heavy atom. The third kappa shape index (κ3) is 2.07. The molecule has 0 radical (unpaired) electrons. The molecule has 0 saturated heterocycles. The zero-order valence-electron chi connectivity index (χ0n) is 10.8. The Morgan fingerprint density at radius 2 is 2.19 bits per heavy atom. The Hall–Kier alpha value is -1.03. The van der Waals surface area contributed by atoms with Gasteiger partial charge in [0.1, 0.15) is 11.3 Å². The number of hydrogen-bond acceptors (Lipinski definition) is 3. The summed E-state index contributed by atoms with van der Waals surface area (Å²) in [5.41, 5.74) is -0.140. The highest BCUT2D eigenvalue weighted by Crippen LogP contribution is 2.36. The third-order valence-electron chi connectivity index (χ3n) is 3.38. The van der Waals surface area contributed by atoms with Gasteiger partial charge in [-0.2, -0.15) is 5.10 Å². The zero-order chi connectivity index (χ0) is 12.3. The normalized spacial score (nSPS) is 16.9. The van der Waals surface area contributed by atoms with E-state index in [1.54, 1.807) is 18.0 Å². The molecule has 4 heteroatoms. The molecule has 0 aromatic carbocycles. The van der Waals surface area contributed by atoms with E-state index in [1.807, 2.05) is 20.8 Å². The van der Waals surface area contributed by atoms with E-state index in [0.29, 0.717) is 5.75 Å². The van der Waals surface area contributed by atoms with E-state index in [4.69, 9.17) is 4.74 Å². The summed E-state index contributed by atoms with van der Waals surface area (Å²) >= 11 is 0. The molecule has 0 bridgehead atoms. The maximum absolute atomic E-state index is 10.6. The molecule has 1 N–H and O–H groups in total. The fourth-order valence-corrected chi connectivity index (χ4v) is 1.90. The average molecular weight is 226 g/mol. The van der Waals surface area contributed by atoms with Crippen molar-refractivity contribution in [3.63, 3.8) is 0 Å². The van der Waals surface area contributed by atoms with Gasteiger partial charge in [0.25, 0.3) is 0 Å². The van der Waals surface area contributed by atoms with Crippen molar-refractivity contribution in [2.24, 2.45) is 5.92 Å². The Labute approximate surface area is 97.2 Å². The molecular weight excluding hydrogens is 204 g/mol. The maximum atomic E-state index is 10.6. The molecule has 0 aliphatic rings. The molecule has 1 aromatic rings. The largest absolute Gasteiger partial charge is 0.493 e. The first kappa shape index (κ1) is 13.0. The van der Waals surface area contributed by atoms with Crippen LogP contribution in [0.5, 0.6) is 5.75 Å². The molecule has 0 fully saturated rings. The third-order valence-corrected chi connectivity index (χ3v) is 3.38. The monoisotopic (exact) mass is 226 g/mol. The number of aliphatic hydroxyl groups is 1. The van der Waals surface area contributed by atoms with E-state index in [-0.39, 0.29) is 5.92 Å². The number of methoxy groups -OCH3 is 1. The van der Waals surface area contributed by atoms with E-state index >= 15 is 0 Å². The van der Waals surface area contributed by atoms with Crippen LogP contribution in [-0.4, -0.2) is 22.0 Å². The second-order valence-electron chi connectivity index (χ2n) is 4.33. The van der Waals surface area contributed by atoms with Gasteiger partial charge in [0.2, 0.25) is 0 Å². The van der Waals surface area contributed by atoms with Crippen molar-refractivity contribution in [1.29, 1.82) is 0 Å². The first-order chi connectivity index (χ1) is 7.48. The molecule has 92 valence electrons. The highest BCUT2D eigenvalue weighted by molar-refractivity contribution is 5.30. The molecule has 0 aliphatic carbocycles. The molecule has 2 atom stereocenters. The first-order valence-electron chi connectivity index (χ1n) is 5.81. The van der Waals surface area contributed by atoms with E-state index in [1.165, 1.54) is 0 Å². The zero-order valence-corrected chi connectivity index (χ0v) is 10.8. The van der Waals surface area contributed by atoms with Crippen molar-refractivity contribution >= 4 is 0 Å². The summed E-state index contributed by atoms with van der Waals surface area (Å²) in [6.45, 7) is 8.66. The van der Waals surface area contributed by atoms with Crippen LogP contribution in [0.25, 0.3) is 0 Å². The summed E-state index contributed by atoms with van der Waals surface area (Å²) in [5, 5.41) is 14.8. The molecular formula is C12H22N2O2. The van der Waals surface area contributed by atoms with Gasteiger partial charge in [-0.1, -0.05) is 20.3 Å². The molecule has 0 spiro atoms. The number of aryl methyl sites for hydroxylation is 1. The fourth-order valence-electron chi connectivity index (χ4n) is 1.90. The van der Waals surface area contributed by atoms with Crippen LogP contribution in [0.4, 0.5) is 0 Å². The van der Waals surface area contributed by atoms with Crippen molar-refractivity contribution < 1.29 is 9.84 Å². The van der Waals surface area contributed by atoms with Gasteiger partial charge in [-0.3, -0.25) is 4.68 Å². The fraction of sp³-hybridized carbons (Fsp3) is 0.750. The van der Waals surface area contributed by atoms with Crippen LogP contribution in [0.2, 0.25) is 0 Å². The number of aromatic nitrogens is 2. The quantitative estimate of drug-likeness (QED) is 0.837. The number of ether oxygens (including phenoxy) is 1. The van der Waals surface area contributed by atoms with Crippen LogP contribution in [0.15, 0.2) is 6.20 Å². The highest BCUT2D eigenvalue weighted by atomic mass is 16.5. The van der Waals surface area contributed by atoms with Crippen LogP contribution in [0, 0.1) is 5.92 Å². The predicted molar refractivity (Wildman–Crippen MR) is 63.5 cm³/mol. The molecule has 16 heavy (non-hydrogen) atoms. The standard InChI is InChI=1S/C12H22N2O2/c1-6-9(3)12(4,15)11-10(16-5)8-13-14(11)7-2/h8-9,15H,6-7H2,1-5H3. The summed E-state index contributed by atoms with van der Waals surface area (Å²) in [7, 11) is 1.60. The van der Waals surface area contributed by atoms with E-state index in [2.05, 4.69) is 12.0 Å². The van der Waals surface area contributed by atoms with Crippen molar-refractivity contribution in [2.75, 3.05) is 7.11 Å². The minimum absolute atomic E-state index is 0.156. The SMILES string of the molecule is CCC(C)C(C)(O)c1c(OC)cnn1CC. The average Bonchev–Trinajstić information content (AvgIpc) is 2.71. The van der Waals surface area contributed by atoms with Gasteiger partial charge in [-0.05, 0) is 19.8 Å². The summed E-state index contributed by atoms with van der Waals surface area (Å²) in [6, 6.07) is 0. The lowest BCUT2D eigenvalue weighted by Crippen LogP contribution is -2.33. The van der Waals surface area contributed by atoms with Crippen molar-refractivity contribution in [2.45, 2.75) is 46.3 Å². The minimum atomic E-state index is -0.910. The number of rotatable bonds is 5. The highest BCUT2D eigenvalue weighted by Gasteiger charge is 2.35. The van der Waals surface area contributed by atoms with Gasteiger partial charge in [0, 0.05) is 6.54 Å². The lowest BCUT2D eigenvalue weighted by Gasteiger charge is -2.30. The Bertz CT molecular complexity index is 323. The predicted octanol–water partition coefficient (Wildman–Crippen LogP) is 2.17. The van der Waals surface area contributed by atoms with Gasteiger partial charge in [0.05, 0.1) is 13.3 Å². The van der Waals surface area contributed by atoms with Gasteiger partial charge in [-0.25, -0.2) is 0 Å². The Morgan fingerprint density at radius 1 is 1.56 bits per heavy atom. The molecule has 1 rings (SSSR count). The molecule has 0 aliphatic heterocycles.